The molecule has 0 saturated carbocycles. The van der Waals surface area contributed by atoms with Crippen molar-refractivity contribution in [3.05, 3.63) is 71.4 Å². The quantitative estimate of drug-likeness (QED) is 0.523. The fourth-order valence-corrected chi connectivity index (χ4v) is 3.63. The first-order valence-corrected chi connectivity index (χ1v) is 9.95. The van der Waals surface area contributed by atoms with Gasteiger partial charge in [0.15, 0.2) is 5.11 Å². The second-order valence-corrected chi connectivity index (χ2v) is 7.57. The summed E-state index contributed by atoms with van der Waals surface area (Å²) < 4.78 is 0. The maximum Gasteiger partial charge on any atom is 0.235 e. The third-order valence-electron chi connectivity index (χ3n) is 4.14. The van der Waals surface area contributed by atoms with Crippen molar-refractivity contribution >= 4 is 52.3 Å². The zero-order valence-electron chi connectivity index (χ0n) is 14.1. The largest absolute Gasteiger partial charge is 0.354 e. The number of halogens is 1. The van der Waals surface area contributed by atoms with E-state index in [1.54, 1.807) is 36.0 Å². The molecule has 1 fully saturated rings. The third-order valence-corrected chi connectivity index (χ3v) is 5.35. The molecule has 0 unspecified atom stereocenters. The Morgan fingerprint density at radius 2 is 1.85 bits per heavy atom. The number of rotatable bonds is 4. The van der Waals surface area contributed by atoms with E-state index < -0.39 is 5.92 Å². The van der Waals surface area contributed by atoms with Crippen LogP contribution in [0, 0.1) is 5.92 Å². The number of nitrogens with one attached hydrogen (secondary N) is 3. The summed E-state index contributed by atoms with van der Waals surface area (Å²) in [4.78, 5) is 14.1. The summed E-state index contributed by atoms with van der Waals surface area (Å²) in [5.41, 5.74) is 2.22. The van der Waals surface area contributed by atoms with Gasteiger partial charge in [-0.25, -0.2) is 0 Å². The zero-order chi connectivity index (χ0) is 18.7. The van der Waals surface area contributed by atoms with E-state index in [9.17, 15) is 4.79 Å². The zero-order valence-corrected chi connectivity index (χ0v) is 16.5. The Morgan fingerprint density at radius 1 is 1.19 bits per heavy atom. The van der Waals surface area contributed by atoms with Crippen LogP contribution < -0.4 is 16.0 Å². The minimum atomic E-state index is -0.516. The molecule has 0 aliphatic carbocycles. The molecule has 1 heterocycles. The molecule has 2 atom stereocenters. The molecule has 0 spiro atoms. The molecule has 2 aromatic carbocycles. The normalized spacial score (nSPS) is 19.5. The minimum Gasteiger partial charge on any atom is -0.354 e. The lowest BCUT2D eigenvalue weighted by Crippen LogP contribution is -2.51. The second-order valence-electron chi connectivity index (χ2n) is 5.85. The van der Waals surface area contributed by atoms with Gasteiger partial charge in [0.05, 0.1) is 6.04 Å². The van der Waals surface area contributed by atoms with Gasteiger partial charge in [-0.3, -0.25) is 4.79 Å². The lowest BCUT2D eigenvalue weighted by molar-refractivity contribution is -0.119. The highest BCUT2D eigenvalue weighted by Crippen LogP contribution is 2.31. The van der Waals surface area contributed by atoms with Crippen molar-refractivity contribution in [1.29, 1.82) is 0 Å². The van der Waals surface area contributed by atoms with Crippen molar-refractivity contribution in [2.45, 2.75) is 10.9 Å². The smallest absolute Gasteiger partial charge is 0.235 e. The number of thioether (sulfide) groups is 1. The number of hydrogen-bond acceptors (Lipinski definition) is 3. The molecule has 3 N–H and O–H groups in total. The van der Waals surface area contributed by atoms with Gasteiger partial charge in [-0.05, 0) is 60.4 Å². The Morgan fingerprint density at radius 3 is 2.46 bits per heavy atom. The highest BCUT2D eigenvalue weighted by atomic mass is 35.5. The molecule has 134 valence electrons. The summed E-state index contributed by atoms with van der Waals surface area (Å²) in [6.45, 7) is 4.01. The Bertz CT molecular complexity index is 837. The van der Waals surface area contributed by atoms with E-state index in [0.717, 1.165) is 10.5 Å². The van der Waals surface area contributed by atoms with Crippen LogP contribution in [0.25, 0.3) is 0 Å². The topological polar surface area (TPSA) is 53.2 Å². The molecule has 0 bridgehead atoms. The van der Waals surface area contributed by atoms with Gasteiger partial charge in [0.2, 0.25) is 5.91 Å². The minimum absolute atomic E-state index is 0.168. The summed E-state index contributed by atoms with van der Waals surface area (Å²) in [6.07, 6.45) is 2.02. The first-order valence-electron chi connectivity index (χ1n) is 7.94. The van der Waals surface area contributed by atoms with Crippen molar-refractivity contribution in [3.8, 4) is 0 Å². The summed E-state index contributed by atoms with van der Waals surface area (Å²) >= 11 is 12.8. The molecule has 0 radical (unpaired) electrons. The molecule has 4 nitrogen and oxygen atoms in total. The summed E-state index contributed by atoms with van der Waals surface area (Å²) in [6, 6.07) is 14.8. The maximum absolute atomic E-state index is 12.9. The van der Waals surface area contributed by atoms with Gasteiger partial charge in [0.1, 0.15) is 5.92 Å². The summed E-state index contributed by atoms with van der Waals surface area (Å²) in [7, 11) is 0. The number of benzene rings is 2. The van der Waals surface area contributed by atoms with Gasteiger partial charge in [-0.2, -0.15) is 0 Å². The van der Waals surface area contributed by atoms with Gasteiger partial charge in [0, 0.05) is 21.3 Å². The number of thiocarbonyl (C=S) groups is 1. The molecule has 1 saturated heterocycles. The van der Waals surface area contributed by atoms with E-state index in [1.807, 2.05) is 30.5 Å². The van der Waals surface area contributed by atoms with Crippen LogP contribution in [-0.2, 0) is 4.79 Å². The van der Waals surface area contributed by atoms with Crippen LogP contribution in [0.5, 0.6) is 0 Å². The number of hydrogen-bond donors (Lipinski definition) is 3. The molecule has 26 heavy (non-hydrogen) atoms. The van der Waals surface area contributed by atoms with Crippen LogP contribution in [0.15, 0.2) is 65.7 Å². The number of carbonyl (C=O) groups excluding carboxylic acids is 1. The Labute approximate surface area is 167 Å². The highest BCUT2D eigenvalue weighted by molar-refractivity contribution is 7.98. The lowest BCUT2D eigenvalue weighted by atomic mass is 9.88. The first kappa shape index (κ1) is 18.8. The van der Waals surface area contributed by atoms with E-state index in [4.69, 9.17) is 23.8 Å². The number of anilines is 1. The lowest BCUT2D eigenvalue weighted by Gasteiger charge is -2.35. The third kappa shape index (κ3) is 4.20. The van der Waals surface area contributed by atoms with Crippen LogP contribution >= 0.6 is 35.6 Å². The molecule has 0 aromatic heterocycles. The van der Waals surface area contributed by atoms with E-state index in [1.165, 1.54) is 0 Å². The monoisotopic (exact) mass is 403 g/mol. The van der Waals surface area contributed by atoms with Crippen LogP contribution in [0.1, 0.15) is 11.6 Å². The SMILES string of the molecule is C=C1NC(=S)N[C@H](c2ccc(SC)cc2)[C@H]1C(=O)Nc1ccc(Cl)cc1. The average molecular weight is 404 g/mol. The van der Waals surface area contributed by atoms with Gasteiger partial charge in [-0.15, -0.1) is 11.8 Å². The van der Waals surface area contributed by atoms with Crippen molar-refractivity contribution < 1.29 is 4.79 Å². The van der Waals surface area contributed by atoms with Crippen molar-refractivity contribution in [2.75, 3.05) is 11.6 Å². The van der Waals surface area contributed by atoms with Crippen molar-refractivity contribution in [1.82, 2.24) is 10.6 Å². The van der Waals surface area contributed by atoms with Gasteiger partial charge in [0.25, 0.3) is 0 Å². The predicted molar refractivity (Wildman–Crippen MR) is 113 cm³/mol. The van der Waals surface area contributed by atoms with E-state index >= 15 is 0 Å². The van der Waals surface area contributed by atoms with E-state index in [-0.39, 0.29) is 11.9 Å². The second kappa shape index (κ2) is 8.12. The van der Waals surface area contributed by atoms with Crippen LogP contribution in [0.2, 0.25) is 5.02 Å². The van der Waals surface area contributed by atoms with Gasteiger partial charge >= 0.3 is 0 Å². The maximum atomic E-state index is 12.9. The van der Waals surface area contributed by atoms with Crippen LogP contribution in [-0.4, -0.2) is 17.3 Å². The van der Waals surface area contributed by atoms with Gasteiger partial charge in [-0.1, -0.05) is 30.3 Å². The molecule has 1 aliphatic heterocycles. The highest BCUT2D eigenvalue weighted by Gasteiger charge is 2.36. The van der Waals surface area contributed by atoms with Crippen molar-refractivity contribution in [3.63, 3.8) is 0 Å². The van der Waals surface area contributed by atoms with Crippen LogP contribution in [0.3, 0.4) is 0 Å². The standard InChI is InChI=1S/C19H18ClN3OS2/c1-11-16(18(24)22-14-7-5-13(20)6-8-14)17(23-19(25)21-11)12-3-9-15(26-2)10-4-12/h3-10,16-17H,1H2,2H3,(H,22,24)(H2,21,23,25)/t16-,17+/m0/s1. The molecule has 3 rings (SSSR count). The van der Waals surface area contributed by atoms with Crippen molar-refractivity contribution in [2.24, 2.45) is 5.92 Å². The molecular weight excluding hydrogens is 386 g/mol. The molecule has 2 aromatic rings. The summed E-state index contributed by atoms with van der Waals surface area (Å²) in [5.74, 6) is -0.684. The summed E-state index contributed by atoms with van der Waals surface area (Å²) in [5, 5.41) is 10.2. The Hall–Kier alpha value is -2.02. The molecule has 1 aliphatic rings. The van der Waals surface area contributed by atoms with Crippen LogP contribution in [0.4, 0.5) is 5.69 Å². The molecule has 1 amide bonds. The number of amides is 1. The van der Waals surface area contributed by atoms with E-state index in [2.05, 4.69) is 22.5 Å². The Kier molecular flexibility index (Phi) is 5.86. The van der Waals surface area contributed by atoms with E-state index in [0.29, 0.717) is 21.5 Å². The molecular formula is C19H18ClN3OS2. The fraction of sp³-hybridized carbons (Fsp3) is 0.158. The first-order chi connectivity index (χ1) is 12.5. The average Bonchev–Trinajstić information content (AvgIpc) is 2.63. The Balaban J connectivity index is 1.86. The molecule has 7 heteroatoms. The van der Waals surface area contributed by atoms with Gasteiger partial charge < -0.3 is 16.0 Å². The predicted octanol–water partition coefficient (Wildman–Crippen LogP) is 4.35. The number of carbonyl (C=O) groups is 1. The fourth-order valence-electron chi connectivity index (χ4n) is 2.84.